The van der Waals surface area contributed by atoms with Crippen molar-refractivity contribution in [3.05, 3.63) is 30.3 Å². The maximum Gasteiger partial charge on any atom is 0.146 e. The minimum atomic E-state index is 0.330. The first-order chi connectivity index (χ1) is 9.33. The highest BCUT2D eigenvalue weighted by atomic mass is 16.5. The number of hydrogen-bond acceptors (Lipinski definition) is 3. The SMILES string of the molecule is Nc1ccc2cccc(OC3CCCCCC3)c2n1. The number of aromatic nitrogens is 1. The fourth-order valence-corrected chi connectivity index (χ4v) is 2.77. The average molecular weight is 256 g/mol. The van der Waals surface area contributed by atoms with Crippen LogP contribution in [-0.2, 0) is 0 Å². The first-order valence-electron chi connectivity index (χ1n) is 7.15. The molecule has 0 aliphatic heterocycles. The molecule has 1 heterocycles. The van der Waals surface area contributed by atoms with Gasteiger partial charge in [-0.25, -0.2) is 4.98 Å². The third kappa shape index (κ3) is 2.80. The largest absolute Gasteiger partial charge is 0.488 e. The lowest BCUT2D eigenvalue weighted by Crippen LogP contribution is -2.15. The van der Waals surface area contributed by atoms with Gasteiger partial charge in [0.15, 0.2) is 0 Å². The Balaban J connectivity index is 1.89. The minimum Gasteiger partial charge on any atom is -0.488 e. The summed E-state index contributed by atoms with van der Waals surface area (Å²) in [6, 6.07) is 9.89. The van der Waals surface area contributed by atoms with E-state index in [9.17, 15) is 0 Å². The number of nitrogen functional groups attached to an aromatic ring is 1. The summed E-state index contributed by atoms with van der Waals surface area (Å²) in [5.41, 5.74) is 6.67. The van der Waals surface area contributed by atoms with Gasteiger partial charge in [-0.3, -0.25) is 0 Å². The molecular formula is C16H20N2O. The second kappa shape index (κ2) is 5.47. The van der Waals surface area contributed by atoms with Crippen molar-refractivity contribution in [3.8, 4) is 5.75 Å². The molecule has 0 bridgehead atoms. The molecule has 3 heteroatoms. The molecule has 1 aliphatic carbocycles. The molecular weight excluding hydrogens is 236 g/mol. The molecule has 1 saturated carbocycles. The van der Waals surface area contributed by atoms with Gasteiger partial charge in [-0.05, 0) is 43.9 Å². The van der Waals surface area contributed by atoms with Gasteiger partial charge in [0.25, 0.3) is 0 Å². The quantitative estimate of drug-likeness (QED) is 0.828. The van der Waals surface area contributed by atoms with E-state index in [2.05, 4.69) is 4.98 Å². The maximum absolute atomic E-state index is 6.19. The van der Waals surface area contributed by atoms with Crippen LogP contribution >= 0.6 is 0 Å². The minimum absolute atomic E-state index is 0.330. The smallest absolute Gasteiger partial charge is 0.146 e. The highest BCUT2D eigenvalue weighted by molar-refractivity contribution is 5.85. The first kappa shape index (κ1) is 12.3. The lowest BCUT2D eigenvalue weighted by Gasteiger charge is -2.18. The number of para-hydroxylation sites is 1. The maximum atomic E-state index is 6.19. The van der Waals surface area contributed by atoms with Crippen LogP contribution in [0.3, 0.4) is 0 Å². The van der Waals surface area contributed by atoms with E-state index in [1.807, 2.05) is 30.3 Å². The van der Waals surface area contributed by atoms with Crippen molar-refractivity contribution in [1.29, 1.82) is 0 Å². The summed E-state index contributed by atoms with van der Waals surface area (Å²) in [5, 5.41) is 1.08. The van der Waals surface area contributed by atoms with Crippen molar-refractivity contribution in [1.82, 2.24) is 4.98 Å². The molecule has 1 aliphatic rings. The number of nitrogens with two attached hydrogens (primary N) is 1. The molecule has 2 N–H and O–H groups in total. The monoisotopic (exact) mass is 256 g/mol. The van der Waals surface area contributed by atoms with Crippen LogP contribution in [0.5, 0.6) is 5.75 Å². The molecule has 1 aromatic heterocycles. The molecule has 0 amide bonds. The van der Waals surface area contributed by atoms with Gasteiger partial charge >= 0.3 is 0 Å². The van der Waals surface area contributed by atoms with Crippen LogP contribution < -0.4 is 10.5 Å². The van der Waals surface area contributed by atoms with Gasteiger partial charge in [0.1, 0.15) is 17.1 Å². The molecule has 0 unspecified atom stereocenters. The van der Waals surface area contributed by atoms with Crippen molar-refractivity contribution in [2.75, 3.05) is 5.73 Å². The summed E-state index contributed by atoms with van der Waals surface area (Å²) < 4.78 is 6.19. The summed E-state index contributed by atoms with van der Waals surface area (Å²) in [6.45, 7) is 0. The first-order valence-corrected chi connectivity index (χ1v) is 7.15. The average Bonchev–Trinajstić information content (AvgIpc) is 2.68. The Morgan fingerprint density at radius 2 is 1.79 bits per heavy atom. The summed E-state index contributed by atoms with van der Waals surface area (Å²) >= 11 is 0. The van der Waals surface area contributed by atoms with Gasteiger partial charge in [0, 0.05) is 5.39 Å². The van der Waals surface area contributed by atoms with E-state index >= 15 is 0 Å². The fourth-order valence-electron chi connectivity index (χ4n) is 2.77. The Hall–Kier alpha value is -1.77. The van der Waals surface area contributed by atoms with Gasteiger partial charge in [-0.15, -0.1) is 0 Å². The Morgan fingerprint density at radius 3 is 2.58 bits per heavy atom. The number of ether oxygens (including phenoxy) is 1. The Bertz CT molecular complexity index is 560. The standard InChI is InChI=1S/C16H20N2O/c17-15-11-10-12-6-5-9-14(16(12)18-15)19-13-7-3-1-2-4-8-13/h5-6,9-11,13H,1-4,7-8H2,(H2,17,18). The lowest BCUT2D eigenvalue weighted by molar-refractivity contribution is 0.186. The van der Waals surface area contributed by atoms with Crippen LogP contribution in [0.15, 0.2) is 30.3 Å². The van der Waals surface area contributed by atoms with Crippen molar-refractivity contribution >= 4 is 16.7 Å². The fraction of sp³-hybridized carbons (Fsp3) is 0.438. The van der Waals surface area contributed by atoms with Crippen molar-refractivity contribution in [3.63, 3.8) is 0 Å². The third-order valence-electron chi connectivity index (χ3n) is 3.80. The van der Waals surface area contributed by atoms with Gasteiger partial charge in [0.2, 0.25) is 0 Å². The van der Waals surface area contributed by atoms with Gasteiger partial charge in [-0.2, -0.15) is 0 Å². The molecule has 100 valence electrons. The van der Waals surface area contributed by atoms with Gasteiger partial charge in [0.05, 0.1) is 6.10 Å². The summed E-state index contributed by atoms with van der Waals surface area (Å²) in [6.07, 6.45) is 7.84. The molecule has 0 radical (unpaired) electrons. The number of fused-ring (bicyclic) bond motifs is 1. The topological polar surface area (TPSA) is 48.1 Å². The number of anilines is 1. The molecule has 3 nitrogen and oxygen atoms in total. The molecule has 19 heavy (non-hydrogen) atoms. The highest BCUT2D eigenvalue weighted by Gasteiger charge is 2.15. The second-order valence-electron chi connectivity index (χ2n) is 5.30. The molecule has 1 fully saturated rings. The van der Waals surface area contributed by atoms with E-state index in [0.29, 0.717) is 11.9 Å². The second-order valence-corrected chi connectivity index (χ2v) is 5.30. The molecule has 1 aromatic carbocycles. The molecule has 0 spiro atoms. The van der Waals surface area contributed by atoms with Crippen LogP contribution in [0, 0.1) is 0 Å². The van der Waals surface area contributed by atoms with E-state index in [-0.39, 0.29) is 0 Å². The van der Waals surface area contributed by atoms with Crippen molar-refractivity contribution in [2.45, 2.75) is 44.6 Å². The summed E-state index contributed by atoms with van der Waals surface area (Å²) in [5.74, 6) is 1.42. The predicted octanol–water partition coefficient (Wildman–Crippen LogP) is 3.92. The van der Waals surface area contributed by atoms with Crippen LogP contribution in [0.2, 0.25) is 0 Å². The zero-order chi connectivity index (χ0) is 13.1. The van der Waals surface area contributed by atoms with E-state index in [4.69, 9.17) is 10.5 Å². The Kier molecular flexibility index (Phi) is 3.53. The Morgan fingerprint density at radius 1 is 1.00 bits per heavy atom. The van der Waals surface area contributed by atoms with E-state index in [1.54, 1.807) is 0 Å². The molecule has 0 atom stereocenters. The van der Waals surface area contributed by atoms with E-state index in [1.165, 1.54) is 25.7 Å². The number of nitrogens with zero attached hydrogens (tertiary/aromatic N) is 1. The molecule has 2 aromatic rings. The Labute approximate surface area is 113 Å². The normalized spacial score (nSPS) is 17.3. The molecule has 0 saturated heterocycles. The van der Waals surface area contributed by atoms with Crippen molar-refractivity contribution in [2.24, 2.45) is 0 Å². The predicted molar refractivity (Wildman–Crippen MR) is 78.3 cm³/mol. The van der Waals surface area contributed by atoms with E-state index < -0.39 is 0 Å². The number of pyridine rings is 1. The highest BCUT2D eigenvalue weighted by Crippen LogP contribution is 2.28. The van der Waals surface area contributed by atoms with Gasteiger partial charge in [-0.1, -0.05) is 25.0 Å². The summed E-state index contributed by atoms with van der Waals surface area (Å²) in [7, 11) is 0. The number of benzene rings is 1. The third-order valence-corrected chi connectivity index (χ3v) is 3.80. The van der Waals surface area contributed by atoms with Crippen LogP contribution in [0.1, 0.15) is 38.5 Å². The zero-order valence-corrected chi connectivity index (χ0v) is 11.1. The molecule has 3 rings (SSSR count). The van der Waals surface area contributed by atoms with Crippen LogP contribution in [0.4, 0.5) is 5.82 Å². The van der Waals surface area contributed by atoms with E-state index in [0.717, 1.165) is 29.5 Å². The van der Waals surface area contributed by atoms with Crippen LogP contribution in [-0.4, -0.2) is 11.1 Å². The zero-order valence-electron chi connectivity index (χ0n) is 11.1. The van der Waals surface area contributed by atoms with Gasteiger partial charge < -0.3 is 10.5 Å². The lowest BCUT2D eigenvalue weighted by atomic mass is 10.1. The van der Waals surface area contributed by atoms with Crippen molar-refractivity contribution < 1.29 is 4.74 Å². The number of rotatable bonds is 2. The number of hydrogen-bond donors (Lipinski definition) is 1. The van der Waals surface area contributed by atoms with Crippen LogP contribution in [0.25, 0.3) is 10.9 Å². The summed E-state index contributed by atoms with van der Waals surface area (Å²) in [4.78, 5) is 4.42.